The lowest BCUT2D eigenvalue weighted by Crippen LogP contribution is -2.23. The molecule has 0 unspecified atom stereocenters. The van der Waals surface area contributed by atoms with Crippen LogP contribution in [0.25, 0.3) is 6.08 Å². The van der Waals surface area contributed by atoms with Gasteiger partial charge in [0.2, 0.25) is 0 Å². The third-order valence-corrected chi connectivity index (χ3v) is 5.81. The average Bonchev–Trinajstić information content (AvgIpc) is 2.85. The van der Waals surface area contributed by atoms with E-state index in [4.69, 9.17) is 14.2 Å². The van der Waals surface area contributed by atoms with Gasteiger partial charge in [0.15, 0.2) is 11.5 Å². The maximum Gasteiger partial charge on any atom is 0.262 e. The van der Waals surface area contributed by atoms with Crippen molar-refractivity contribution in [3.05, 3.63) is 92.1 Å². The first-order valence-electron chi connectivity index (χ1n) is 10.5. The lowest BCUT2D eigenvalue weighted by molar-refractivity contribution is -0.117. The van der Waals surface area contributed by atoms with Crippen molar-refractivity contribution >= 4 is 34.6 Å². The molecule has 1 N–H and O–H groups in total. The topological polar surface area (TPSA) is 80.6 Å². The van der Waals surface area contributed by atoms with Crippen LogP contribution in [0.2, 0.25) is 0 Å². The van der Waals surface area contributed by atoms with Gasteiger partial charge in [0.1, 0.15) is 24.0 Å². The highest BCUT2D eigenvalue weighted by Crippen LogP contribution is 2.35. The first-order chi connectivity index (χ1) is 16.4. The van der Waals surface area contributed by atoms with Gasteiger partial charge in [0, 0.05) is 6.54 Å². The smallest absolute Gasteiger partial charge is 0.262 e. The van der Waals surface area contributed by atoms with E-state index in [1.807, 2.05) is 61.5 Å². The molecule has 0 aliphatic heterocycles. The van der Waals surface area contributed by atoms with Crippen molar-refractivity contribution in [2.75, 3.05) is 14.2 Å². The van der Waals surface area contributed by atoms with Crippen molar-refractivity contribution in [2.45, 2.75) is 20.1 Å². The summed E-state index contributed by atoms with van der Waals surface area (Å²) in [6, 6.07) is 21.0. The lowest BCUT2D eigenvalue weighted by atomic mass is 10.1. The molecule has 0 heterocycles. The van der Waals surface area contributed by atoms with Crippen LogP contribution in [0, 0.1) is 21.8 Å². The van der Waals surface area contributed by atoms with Crippen LogP contribution >= 0.6 is 22.6 Å². The largest absolute Gasteiger partial charge is 0.497 e. The van der Waals surface area contributed by atoms with Gasteiger partial charge in [-0.05, 0) is 76.5 Å². The molecule has 3 aromatic carbocycles. The van der Waals surface area contributed by atoms with Crippen molar-refractivity contribution in [1.29, 1.82) is 5.26 Å². The minimum Gasteiger partial charge on any atom is -0.497 e. The number of nitriles is 1. The number of methoxy groups -OCH3 is 2. The van der Waals surface area contributed by atoms with E-state index >= 15 is 0 Å². The highest BCUT2D eigenvalue weighted by atomic mass is 127. The summed E-state index contributed by atoms with van der Waals surface area (Å²) >= 11 is 2.16. The normalized spacial score (nSPS) is 10.9. The summed E-state index contributed by atoms with van der Waals surface area (Å²) in [7, 11) is 3.16. The first-order valence-corrected chi connectivity index (χ1v) is 11.6. The van der Waals surface area contributed by atoms with Gasteiger partial charge in [0.05, 0.1) is 17.8 Å². The summed E-state index contributed by atoms with van der Waals surface area (Å²) in [4.78, 5) is 12.6. The number of benzene rings is 3. The number of aryl methyl sites for hydroxylation is 1. The van der Waals surface area contributed by atoms with Gasteiger partial charge < -0.3 is 19.5 Å². The van der Waals surface area contributed by atoms with Gasteiger partial charge in [-0.3, -0.25) is 4.79 Å². The predicted molar refractivity (Wildman–Crippen MR) is 140 cm³/mol. The number of ether oxygens (including phenoxy) is 3. The molecular weight excluding hydrogens is 543 g/mol. The Kier molecular flexibility index (Phi) is 8.93. The fourth-order valence-corrected chi connectivity index (χ4v) is 4.04. The number of halogens is 1. The molecule has 0 atom stereocenters. The molecule has 1 amide bonds. The van der Waals surface area contributed by atoms with E-state index in [9.17, 15) is 10.1 Å². The van der Waals surface area contributed by atoms with Gasteiger partial charge in [0.25, 0.3) is 5.91 Å². The maximum atomic E-state index is 12.6. The Morgan fingerprint density at radius 1 is 1.06 bits per heavy atom. The third kappa shape index (κ3) is 6.75. The van der Waals surface area contributed by atoms with Gasteiger partial charge >= 0.3 is 0 Å². The minimum absolute atomic E-state index is 0.000191. The van der Waals surface area contributed by atoms with Gasteiger partial charge in [-0.25, -0.2) is 0 Å². The number of carbonyl (C=O) groups is 1. The second-order valence-corrected chi connectivity index (χ2v) is 8.67. The lowest BCUT2D eigenvalue weighted by Gasteiger charge is -2.14. The van der Waals surface area contributed by atoms with Crippen molar-refractivity contribution < 1.29 is 19.0 Å². The number of hydrogen-bond donors (Lipinski definition) is 1. The van der Waals surface area contributed by atoms with E-state index in [0.29, 0.717) is 30.2 Å². The maximum absolute atomic E-state index is 12.6. The van der Waals surface area contributed by atoms with Crippen LogP contribution in [0.1, 0.15) is 22.3 Å². The fourth-order valence-electron chi connectivity index (χ4n) is 3.26. The molecule has 0 aromatic heterocycles. The zero-order chi connectivity index (χ0) is 24.5. The number of carbonyl (C=O) groups excluding carboxylic acids is 1. The summed E-state index contributed by atoms with van der Waals surface area (Å²) < 4.78 is 17.5. The Balaban J connectivity index is 1.73. The van der Waals surface area contributed by atoms with E-state index in [1.165, 1.54) is 0 Å². The summed E-state index contributed by atoms with van der Waals surface area (Å²) in [6.07, 6.45) is 1.54. The summed E-state index contributed by atoms with van der Waals surface area (Å²) in [5.74, 6) is 1.43. The molecule has 0 aliphatic carbocycles. The van der Waals surface area contributed by atoms with E-state index in [-0.39, 0.29) is 5.57 Å². The average molecular weight is 568 g/mol. The Morgan fingerprint density at radius 2 is 1.82 bits per heavy atom. The zero-order valence-corrected chi connectivity index (χ0v) is 21.4. The zero-order valence-electron chi connectivity index (χ0n) is 19.2. The third-order valence-electron chi connectivity index (χ3n) is 5.01. The van der Waals surface area contributed by atoms with Gasteiger partial charge in [-0.2, -0.15) is 5.26 Å². The summed E-state index contributed by atoms with van der Waals surface area (Å²) in [5.41, 5.74) is 3.79. The quantitative estimate of drug-likeness (QED) is 0.212. The first kappa shape index (κ1) is 25.1. The minimum atomic E-state index is -0.452. The highest BCUT2D eigenvalue weighted by Gasteiger charge is 2.14. The Labute approximate surface area is 213 Å². The number of amides is 1. The molecule has 34 heavy (non-hydrogen) atoms. The van der Waals surface area contributed by atoms with Crippen LogP contribution < -0.4 is 19.5 Å². The molecule has 0 saturated carbocycles. The van der Waals surface area contributed by atoms with Gasteiger partial charge in [-0.15, -0.1) is 0 Å². The Morgan fingerprint density at radius 3 is 2.47 bits per heavy atom. The van der Waals surface area contributed by atoms with E-state index in [1.54, 1.807) is 26.4 Å². The van der Waals surface area contributed by atoms with Crippen LogP contribution in [0.3, 0.4) is 0 Å². The Bertz CT molecular complexity index is 1230. The number of nitrogens with one attached hydrogen (secondary N) is 1. The van der Waals surface area contributed by atoms with Gasteiger partial charge in [-0.1, -0.05) is 42.0 Å². The van der Waals surface area contributed by atoms with E-state index < -0.39 is 5.91 Å². The molecule has 174 valence electrons. The number of nitrogens with zero attached hydrogens (tertiary/aromatic N) is 1. The van der Waals surface area contributed by atoms with Crippen LogP contribution in [0.5, 0.6) is 17.2 Å². The van der Waals surface area contributed by atoms with E-state index in [0.717, 1.165) is 26.0 Å². The Hall–Kier alpha value is -3.51. The molecule has 7 heteroatoms. The molecule has 0 aliphatic rings. The number of rotatable bonds is 9. The molecule has 3 rings (SSSR count). The molecule has 6 nitrogen and oxygen atoms in total. The summed E-state index contributed by atoms with van der Waals surface area (Å²) in [5, 5.41) is 12.3. The van der Waals surface area contributed by atoms with E-state index in [2.05, 4.69) is 34.0 Å². The second-order valence-electron chi connectivity index (χ2n) is 7.51. The van der Waals surface area contributed by atoms with Crippen molar-refractivity contribution in [2.24, 2.45) is 0 Å². The highest BCUT2D eigenvalue weighted by molar-refractivity contribution is 14.1. The monoisotopic (exact) mass is 568 g/mol. The predicted octanol–water partition coefficient (Wildman–Crippen LogP) is 5.42. The van der Waals surface area contributed by atoms with Crippen molar-refractivity contribution in [3.8, 4) is 23.3 Å². The fraction of sp³-hybridized carbons (Fsp3) is 0.185. The van der Waals surface area contributed by atoms with Crippen LogP contribution in [-0.4, -0.2) is 20.1 Å². The molecule has 3 aromatic rings. The molecule has 0 saturated heterocycles. The van der Waals surface area contributed by atoms with Crippen molar-refractivity contribution in [1.82, 2.24) is 5.32 Å². The second kappa shape index (κ2) is 12.1. The van der Waals surface area contributed by atoms with Crippen LogP contribution in [-0.2, 0) is 17.9 Å². The van der Waals surface area contributed by atoms with Crippen LogP contribution in [0.15, 0.2) is 66.2 Å². The molecule has 0 fully saturated rings. The summed E-state index contributed by atoms with van der Waals surface area (Å²) in [6.45, 7) is 2.74. The molecular formula is C27H25IN2O4. The number of hydrogen-bond acceptors (Lipinski definition) is 5. The van der Waals surface area contributed by atoms with Crippen molar-refractivity contribution in [3.63, 3.8) is 0 Å². The molecule has 0 spiro atoms. The standard InChI is InChI=1S/C27H25IN2O4/c1-18-5-4-6-20(11-18)17-34-26-24(28)13-21(14-25(26)33-3)12-22(15-29)27(31)30-16-19-7-9-23(32-2)10-8-19/h4-14H,16-17H2,1-3H3,(H,30,31)/b22-12-. The SMILES string of the molecule is COc1ccc(CNC(=O)/C(C#N)=C\c2cc(I)c(OCc3cccc(C)c3)c(OC)c2)cc1. The van der Waals surface area contributed by atoms with Crippen LogP contribution in [0.4, 0.5) is 0 Å². The molecule has 0 bridgehead atoms. The molecule has 0 radical (unpaired) electrons.